The predicted molar refractivity (Wildman–Crippen MR) is 144 cm³/mol. The molecule has 1 N–H and O–H groups in total. The standard InChI is InChI=1S/C31H37F6N3O2/c32-25-3-1-2-22(15-25)26-19-40(27(29(41)42)14-21-4-5-21)18-23(26)17-39-12-9-20(10-13-39)8-11-30(33,34)24-6-7-28(38-16-24)31(35,36)37/h1-3,6-7,15-16,20-21,23,26-27H,4-5,8-14,17-19H2,(H,41,42)/t23-,26?,27+/m0/s1. The molecule has 42 heavy (non-hydrogen) atoms. The molecule has 230 valence electrons. The van der Waals surface area contributed by atoms with Crippen molar-refractivity contribution in [1.29, 1.82) is 0 Å². The van der Waals surface area contributed by atoms with Gasteiger partial charge >= 0.3 is 12.1 Å². The maximum absolute atomic E-state index is 14.8. The first-order chi connectivity index (χ1) is 19.9. The van der Waals surface area contributed by atoms with E-state index in [1.807, 2.05) is 11.0 Å². The van der Waals surface area contributed by atoms with E-state index in [4.69, 9.17) is 0 Å². The van der Waals surface area contributed by atoms with Crippen LogP contribution in [-0.2, 0) is 16.9 Å². The lowest BCUT2D eigenvalue weighted by Crippen LogP contribution is -2.42. The number of carboxylic acid groups (broad SMARTS) is 1. The number of alkyl halides is 5. The van der Waals surface area contributed by atoms with Crippen LogP contribution in [0.15, 0.2) is 42.6 Å². The number of halogens is 6. The van der Waals surface area contributed by atoms with Crippen molar-refractivity contribution in [2.45, 2.75) is 69.0 Å². The highest BCUT2D eigenvalue weighted by Crippen LogP contribution is 2.41. The molecule has 1 aliphatic carbocycles. The van der Waals surface area contributed by atoms with Gasteiger partial charge in [0, 0.05) is 43.7 Å². The van der Waals surface area contributed by atoms with Crippen molar-refractivity contribution in [2.75, 3.05) is 32.7 Å². The molecule has 0 bridgehead atoms. The van der Waals surface area contributed by atoms with Gasteiger partial charge in [0.05, 0.1) is 0 Å². The molecule has 2 aromatic rings. The smallest absolute Gasteiger partial charge is 0.433 e. The lowest BCUT2D eigenvalue weighted by atomic mass is 9.86. The Labute approximate surface area is 241 Å². The summed E-state index contributed by atoms with van der Waals surface area (Å²) in [5, 5.41) is 9.96. The Morgan fingerprint density at radius 3 is 2.33 bits per heavy atom. The van der Waals surface area contributed by atoms with Gasteiger partial charge in [0.2, 0.25) is 0 Å². The highest BCUT2D eigenvalue weighted by Gasteiger charge is 2.42. The number of pyridine rings is 1. The molecule has 3 aliphatic rings. The normalized spacial score (nSPS) is 23.8. The van der Waals surface area contributed by atoms with E-state index in [-0.39, 0.29) is 30.0 Å². The summed E-state index contributed by atoms with van der Waals surface area (Å²) >= 11 is 0. The van der Waals surface area contributed by atoms with Gasteiger partial charge in [-0.2, -0.15) is 13.2 Å². The number of hydrogen-bond acceptors (Lipinski definition) is 4. The van der Waals surface area contributed by atoms with Gasteiger partial charge in [0.25, 0.3) is 5.92 Å². The summed E-state index contributed by atoms with van der Waals surface area (Å²) in [4.78, 5) is 19.7. The molecule has 3 heterocycles. The third-order valence-electron chi connectivity index (χ3n) is 9.27. The summed E-state index contributed by atoms with van der Waals surface area (Å²) in [6, 6.07) is 7.37. The Balaban J connectivity index is 1.16. The molecule has 1 saturated carbocycles. The zero-order valence-corrected chi connectivity index (χ0v) is 23.4. The first-order valence-corrected chi connectivity index (χ1v) is 14.8. The van der Waals surface area contributed by atoms with E-state index in [9.17, 15) is 36.2 Å². The fourth-order valence-corrected chi connectivity index (χ4v) is 6.63. The van der Waals surface area contributed by atoms with Crippen LogP contribution >= 0.6 is 0 Å². The van der Waals surface area contributed by atoms with Gasteiger partial charge in [-0.1, -0.05) is 25.0 Å². The zero-order valence-electron chi connectivity index (χ0n) is 23.4. The molecule has 2 saturated heterocycles. The third-order valence-corrected chi connectivity index (χ3v) is 9.27. The summed E-state index contributed by atoms with van der Waals surface area (Å²) in [7, 11) is 0. The van der Waals surface area contributed by atoms with Crippen molar-refractivity contribution in [3.63, 3.8) is 0 Å². The molecule has 5 rings (SSSR count). The fraction of sp³-hybridized carbons (Fsp3) is 0.613. The van der Waals surface area contributed by atoms with Crippen LogP contribution in [-0.4, -0.2) is 64.6 Å². The maximum Gasteiger partial charge on any atom is 0.433 e. The van der Waals surface area contributed by atoms with E-state index in [1.165, 1.54) is 12.1 Å². The van der Waals surface area contributed by atoms with Crippen molar-refractivity contribution >= 4 is 5.97 Å². The Hall–Kier alpha value is -2.66. The molecule has 1 aromatic carbocycles. The molecule has 1 aromatic heterocycles. The second-order valence-electron chi connectivity index (χ2n) is 12.3. The van der Waals surface area contributed by atoms with E-state index in [2.05, 4.69) is 9.88 Å². The monoisotopic (exact) mass is 597 g/mol. The van der Waals surface area contributed by atoms with Gasteiger partial charge < -0.3 is 10.0 Å². The maximum atomic E-state index is 14.8. The summed E-state index contributed by atoms with van der Waals surface area (Å²) in [6.45, 7) is 3.32. The fourth-order valence-electron chi connectivity index (χ4n) is 6.63. The minimum Gasteiger partial charge on any atom is -0.480 e. The quantitative estimate of drug-likeness (QED) is 0.289. The first kappa shape index (κ1) is 30.8. The molecule has 0 amide bonds. The molecule has 3 atom stereocenters. The molecule has 0 spiro atoms. The van der Waals surface area contributed by atoms with Crippen LogP contribution in [0.4, 0.5) is 26.3 Å². The van der Waals surface area contributed by atoms with Crippen LogP contribution in [0.2, 0.25) is 0 Å². The van der Waals surface area contributed by atoms with Gasteiger partial charge in [-0.05, 0) is 86.4 Å². The Kier molecular flexibility index (Phi) is 9.18. The van der Waals surface area contributed by atoms with Gasteiger partial charge in [-0.15, -0.1) is 0 Å². The van der Waals surface area contributed by atoms with Crippen molar-refractivity contribution in [3.8, 4) is 0 Å². The van der Waals surface area contributed by atoms with E-state index >= 15 is 0 Å². The first-order valence-electron chi connectivity index (χ1n) is 14.8. The number of carboxylic acids is 1. The highest BCUT2D eigenvalue weighted by molar-refractivity contribution is 5.73. The van der Waals surface area contributed by atoms with Crippen molar-refractivity contribution in [1.82, 2.24) is 14.8 Å². The SMILES string of the molecule is O=C(O)[C@@H](CC1CC1)N1CC(c2cccc(F)c2)[C@@H](CN2CCC(CCC(F)(F)c3ccc(C(F)(F)F)nc3)CC2)C1. The molecular weight excluding hydrogens is 560 g/mol. The van der Waals surface area contributed by atoms with Crippen LogP contribution < -0.4 is 0 Å². The van der Waals surface area contributed by atoms with Crippen LogP contribution in [0, 0.1) is 23.6 Å². The average molecular weight is 598 g/mol. The van der Waals surface area contributed by atoms with Gasteiger partial charge in [-0.3, -0.25) is 14.7 Å². The van der Waals surface area contributed by atoms with E-state index in [1.54, 1.807) is 6.07 Å². The van der Waals surface area contributed by atoms with Crippen molar-refractivity contribution in [3.05, 3.63) is 65.2 Å². The van der Waals surface area contributed by atoms with Gasteiger partial charge in [0.1, 0.15) is 17.6 Å². The molecular formula is C31H37F6N3O2. The van der Waals surface area contributed by atoms with E-state index in [0.717, 1.165) is 50.4 Å². The Morgan fingerprint density at radius 1 is 1.00 bits per heavy atom. The lowest BCUT2D eigenvalue weighted by Gasteiger charge is -2.35. The summed E-state index contributed by atoms with van der Waals surface area (Å²) in [6.07, 6.45) is -0.0452. The number of aliphatic carboxylic acids is 1. The molecule has 0 radical (unpaired) electrons. The Morgan fingerprint density at radius 2 is 1.74 bits per heavy atom. The number of carbonyl (C=O) groups is 1. The summed E-state index contributed by atoms with van der Waals surface area (Å²) < 4.78 is 81.8. The minimum absolute atomic E-state index is 0.00416. The summed E-state index contributed by atoms with van der Waals surface area (Å²) in [5.74, 6) is -3.76. The molecule has 1 unspecified atom stereocenters. The summed E-state index contributed by atoms with van der Waals surface area (Å²) in [5.41, 5.74) is -0.836. The second-order valence-corrected chi connectivity index (χ2v) is 12.3. The largest absolute Gasteiger partial charge is 0.480 e. The predicted octanol–water partition coefficient (Wildman–Crippen LogP) is 6.79. The molecule has 5 nitrogen and oxygen atoms in total. The topological polar surface area (TPSA) is 56.7 Å². The number of aromatic nitrogens is 1. The zero-order chi connectivity index (χ0) is 30.1. The van der Waals surface area contributed by atoms with E-state index < -0.39 is 41.8 Å². The average Bonchev–Trinajstić information content (AvgIpc) is 3.68. The molecule has 11 heteroatoms. The lowest BCUT2D eigenvalue weighted by molar-refractivity contribution is -0.143. The number of likely N-dealkylation sites (tertiary alicyclic amines) is 2. The van der Waals surface area contributed by atoms with Crippen LogP contribution in [0.25, 0.3) is 0 Å². The number of piperidine rings is 1. The van der Waals surface area contributed by atoms with E-state index in [0.29, 0.717) is 44.2 Å². The van der Waals surface area contributed by atoms with Crippen LogP contribution in [0.1, 0.15) is 67.7 Å². The van der Waals surface area contributed by atoms with Crippen LogP contribution in [0.3, 0.4) is 0 Å². The number of nitrogens with zero attached hydrogens (tertiary/aromatic N) is 3. The number of benzene rings is 1. The molecule has 3 fully saturated rings. The minimum atomic E-state index is -4.68. The number of rotatable bonds is 11. The van der Waals surface area contributed by atoms with Gasteiger partial charge in [0.15, 0.2) is 0 Å². The number of hydrogen-bond donors (Lipinski definition) is 1. The highest BCUT2D eigenvalue weighted by atomic mass is 19.4. The van der Waals surface area contributed by atoms with Crippen LogP contribution in [0.5, 0.6) is 0 Å². The second kappa shape index (κ2) is 12.5. The Bertz CT molecular complexity index is 1210. The van der Waals surface area contributed by atoms with Crippen molar-refractivity contribution < 1.29 is 36.2 Å². The molecule has 2 aliphatic heterocycles. The van der Waals surface area contributed by atoms with Crippen molar-refractivity contribution in [2.24, 2.45) is 17.8 Å². The third kappa shape index (κ3) is 7.64. The van der Waals surface area contributed by atoms with Gasteiger partial charge in [-0.25, -0.2) is 13.2 Å².